The minimum atomic E-state index is -0.137. The van der Waals surface area contributed by atoms with E-state index in [2.05, 4.69) is 15.3 Å². The average Bonchev–Trinajstić information content (AvgIpc) is 3.28. The predicted octanol–water partition coefficient (Wildman–Crippen LogP) is 3.92. The minimum absolute atomic E-state index is 0.137. The fourth-order valence-electron chi connectivity index (χ4n) is 2.82. The number of hydrogen-bond donors (Lipinski definition) is 2. The van der Waals surface area contributed by atoms with Crippen LogP contribution in [0.1, 0.15) is 15.9 Å². The van der Waals surface area contributed by atoms with Crippen molar-refractivity contribution in [1.29, 1.82) is 0 Å². The van der Waals surface area contributed by atoms with Crippen LogP contribution in [0.4, 0.5) is 5.82 Å². The first-order valence-electron chi connectivity index (χ1n) is 8.78. The Morgan fingerprint density at radius 2 is 1.79 bits per heavy atom. The molecule has 0 unspecified atom stereocenters. The molecule has 6 heteroatoms. The van der Waals surface area contributed by atoms with E-state index in [-0.39, 0.29) is 5.91 Å². The highest BCUT2D eigenvalue weighted by Crippen LogP contribution is 2.26. The van der Waals surface area contributed by atoms with Crippen molar-refractivity contribution in [3.8, 4) is 22.5 Å². The molecule has 0 atom stereocenters. The lowest BCUT2D eigenvalue weighted by molar-refractivity contribution is 0.0951. The molecule has 0 aliphatic carbocycles. The number of hydrogen-bond acceptors (Lipinski definition) is 5. The number of anilines is 1. The molecule has 1 amide bonds. The Bertz CT molecular complexity index is 1080. The Labute approximate surface area is 162 Å². The minimum Gasteiger partial charge on any atom is -0.472 e. The number of nitrogens with two attached hydrogens (primary N) is 1. The summed E-state index contributed by atoms with van der Waals surface area (Å²) in [5.41, 5.74) is 10.5. The number of rotatable bonds is 5. The number of carbonyl (C=O) groups is 1. The summed E-state index contributed by atoms with van der Waals surface area (Å²) in [7, 11) is 0. The Morgan fingerprint density at radius 3 is 2.50 bits per heavy atom. The van der Waals surface area contributed by atoms with Gasteiger partial charge in [-0.3, -0.25) is 4.79 Å². The van der Waals surface area contributed by atoms with E-state index < -0.39 is 0 Å². The van der Waals surface area contributed by atoms with Crippen LogP contribution in [-0.4, -0.2) is 15.9 Å². The molecule has 0 aliphatic rings. The Hall–Kier alpha value is -3.93. The zero-order valence-electron chi connectivity index (χ0n) is 15.0. The molecule has 2 heterocycles. The smallest absolute Gasteiger partial charge is 0.251 e. The first kappa shape index (κ1) is 17.5. The van der Waals surface area contributed by atoms with Crippen LogP contribution in [0, 0.1) is 0 Å². The van der Waals surface area contributed by atoms with Gasteiger partial charge in [0, 0.05) is 23.2 Å². The second-order valence-corrected chi connectivity index (χ2v) is 6.25. The van der Waals surface area contributed by atoms with Crippen LogP contribution >= 0.6 is 0 Å². The van der Waals surface area contributed by atoms with E-state index >= 15 is 0 Å². The molecule has 6 nitrogen and oxygen atoms in total. The van der Waals surface area contributed by atoms with E-state index in [9.17, 15) is 4.79 Å². The van der Waals surface area contributed by atoms with Gasteiger partial charge in [0.05, 0.1) is 24.4 Å². The molecule has 4 aromatic rings. The van der Waals surface area contributed by atoms with Crippen molar-refractivity contribution in [2.45, 2.75) is 6.54 Å². The second kappa shape index (κ2) is 7.75. The highest BCUT2D eigenvalue weighted by molar-refractivity contribution is 5.94. The molecule has 0 spiro atoms. The lowest BCUT2D eigenvalue weighted by Crippen LogP contribution is -2.22. The SMILES string of the molecule is Nc1ncc(-c2ccoc2)nc1-c1ccc(C(=O)NCc2ccccc2)cc1. The van der Waals surface area contributed by atoms with Crippen molar-refractivity contribution < 1.29 is 9.21 Å². The Balaban J connectivity index is 1.52. The summed E-state index contributed by atoms with van der Waals surface area (Å²) in [6.45, 7) is 0.479. The van der Waals surface area contributed by atoms with Gasteiger partial charge >= 0.3 is 0 Å². The van der Waals surface area contributed by atoms with E-state index in [0.717, 1.165) is 16.7 Å². The number of amides is 1. The van der Waals surface area contributed by atoms with Gasteiger partial charge in [-0.05, 0) is 23.8 Å². The maximum atomic E-state index is 12.4. The van der Waals surface area contributed by atoms with Crippen LogP contribution in [0.5, 0.6) is 0 Å². The molecule has 2 aromatic carbocycles. The summed E-state index contributed by atoms with van der Waals surface area (Å²) in [6.07, 6.45) is 4.79. The van der Waals surface area contributed by atoms with E-state index in [1.807, 2.05) is 48.5 Å². The predicted molar refractivity (Wildman–Crippen MR) is 107 cm³/mol. The van der Waals surface area contributed by atoms with Gasteiger partial charge in [-0.2, -0.15) is 0 Å². The van der Waals surface area contributed by atoms with Crippen LogP contribution in [0.2, 0.25) is 0 Å². The molecular weight excluding hydrogens is 352 g/mol. The summed E-state index contributed by atoms with van der Waals surface area (Å²) in [6, 6.07) is 18.7. The molecule has 0 bridgehead atoms. The van der Waals surface area contributed by atoms with Gasteiger partial charge < -0.3 is 15.5 Å². The molecule has 138 valence electrons. The van der Waals surface area contributed by atoms with Crippen LogP contribution in [0.25, 0.3) is 22.5 Å². The van der Waals surface area contributed by atoms with Gasteiger partial charge in [0.2, 0.25) is 0 Å². The van der Waals surface area contributed by atoms with Gasteiger partial charge in [-0.1, -0.05) is 42.5 Å². The molecular formula is C22H18N4O2. The van der Waals surface area contributed by atoms with E-state index in [1.165, 1.54) is 0 Å². The number of nitrogens with zero attached hydrogens (tertiary/aromatic N) is 2. The Morgan fingerprint density at radius 1 is 1.00 bits per heavy atom. The van der Waals surface area contributed by atoms with Gasteiger partial charge in [-0.25, -0.2) is 9.97 Å². The number of nitrogen functional groups attached to an aromatic ring is 1. The van der Waals surface area contributed by atoms with Crippen molar-refractivity contribution in [1.82, 2.24) is 15.3 Å². The first-order chi connectivity index (χ1) is 13.7. The van der Waals surface area contributed by atoms with Gasteiger partial charge in [0.1, 0.15) is 11.5 Å². The molecule has 3 N–H and O–H groups in total. The zero-order chi connectivity index (χ0) is 19.3. The van der Waals surface area contributed by atoms with E-state index in [0.29, 0.717) is 29.3 Å². The molecule has 0 radical (unpaired) electrons. The van der Waals surface area contributed by atoms with Crippen molar-refractivity contribution in [2.75, 3.05) is 5.73 Å². The van der Waals surface area contributed by atoms with Crippen LogP contribution in [0.3, 0.4) is 0 Å². The van der Waals surface area contributed by atoms with Gasteiger partial charge in [0.15, 0.2) is 0 Å². The molecule has 0 aliphatic heterocycles. The maximum absolute atomic E-state index is 12.4. The van der Waals surface area contributed by atoms with Crippen LogP contribution < -0.4 is 11.1 Å². The van der Waals surface area contributed by atoms with Gasteiger partial charge in [-0.15, -0.1) is 0 Å². The first-order valence-corrected chi connectivity index (χ1v) is 8.78. The second-order valence-electron chi connectivity index (χ2n) is 6.25. The van der Waals surface area contributed by atoms with E-state index in [1.54, 1.807) is 30.9 Å². The summed E-state index contributed by atoms with van der Waals surface area (Å²) in [4.78, 5) is 21.2. The molecule has 0 saturated carbocycles. The average molecular weight is 370 g/mol. The molecule has 0 fully saturated rings. The number of furan rings is 1. The Kier molecular flexibility index (Phi) is 4.84. The highest BCUT2D eigenvalue weighted by atomic mass is 16.3. The summed E-state index contributed by atoms with van der Waals surface area (Å²) in [5, 5.41) is 2.91. The molecule has 2 aromatic heterocycles. The third kappa shape index (κ3) is 3.76. The summed E-state index contributed by atoms with van der Waals surface area (Å²) < 4.78 is 5.10. The van der Waals surface area contributed by atoms with Crippen LogP contribution in [-0.2, 0) is 6.54 Å². The fraction of sp³-hybridized carbons (Fsp3) is 0.0455. The normalized spacial score (nSPS) is 10.6. The lowest BCUT2D eigenvalue weighted by Gasteiger charge is -2.08. The number of carbonyl (C=O) groups excluding carboxylic acids is 1. The van der Waals surface area contributed by atoms with Crippen molar-refractivity contribution in [3.63, 3.8) is 0 Å². The zero-order valence-corrected chi connectivity index (χ0v) is 15.0. The van der Waals surface area contributed by atoms with Gasteiger partial charge in [0.25, 0.3) is 5.91 Å². The maximum Gasteiger partial charge on any atom is 0.251 e. The molecule has 0 saturated heterocycles. The van der Waals surface area contributed by atoms with Crippen LogP contribution in [0.15, 0.2) is 83.8 Å². The third-order valence-corrected chi connectivity index (χ3v) is 4.33. The monoisotopic (exact) mass is 370 g/mol. The van der Waals surface area contributed by atoms with Crippen molar-refractivity contribution in [2.24, 2.45) is 0 Å². The number of nitrogens with one attached hydrogen (secondary N) is 1. The van der Waals surface area contributed by atoms with Crippen molar-refractivity contribution in [3.05, 3.63) is 90.5 Å². The lowest BCUT2D eigenvalue weighted by atomic mass is 10.1. The largest absolute Gasteiger partial charge is 0.472 e. The number of benzene rings is 2. The standard InChI is InChI=1S/C22H18N4O2/c23-21-20(26-19(13-24-21)18-10-11-28-14-18)16-6-8-17(9-7-16)22(27)25-12-15-4-2-1-3-5-15/h1-11,13-14H,12H2,(H2,23,24)(H,25,27). The molecule has 4 rings (SSSR count). The van der Waals surface area contributed by atoms with Crippen molar-refractivity contribution >= 4 is 11.7 Å². The fourth-order valence-corrected chi connectivity index (χ4v) is 2.82. The highest BCUT2D eigenvalue weighted by Gasteiger charge is 2.11. The topological polar surface area (TPSA) is 94.0 Å². The molecule has 28 heavy (non-hydrogen) atoms. The third-order valence-electron chi connectivity index (χ3n) is 4.33. The summed E-state index contributed by atoms with van der Waals surface area (Å²) >= 11 is 0. The quantitative estimate of drug-likeness (QED) is 0.555. The summed E-state index contributed by atoms with van der Waals surface area (Å²) in [5.74, 6) is 0.190. The number of aromatic nitrogens is 2. The van der Waals surface area contributed by atoms with E-state index in [4.69, 9.17) is 10.2 Å².